The monoisotopic (exact) mass is 832 g/mol. The first kappa shape index (κ1) is 36.7. The highest BCUT2D eigenvalue weighted by molar-refractivity contribution is 6.14. The van der Waals surface area contributed by atoms with Crippen LogP contribution in [-0.4, -0.2) is 29.1 Å². The number of para-hydroxylation sites is 3. The van der Waals surface area contributed by atoms with Gasteiger partial charge in [0, 0.05) is 55.2 Å². The van der Waals surface area contributed by atoms with Crippen molar-refractivity contribution < 1.29 is 4.42 Å². The minimum atomic E-state index is 0.590. The standard InChI is InChI=1S/C58H36N6O/c1-4-16-37(17-5-1)55-60-56(38-18-6-2-7-19-38)62-57(61-55)45-25-15-29-53-54(45)47-35-41(31-33-52(47)65-53)40-30-32-50-46(34-40)44-24-10-12-27-49(44)63(50)42-22-14-23-43(36-42)64-51-28-13-11-26-48(51)59-58(64)39-20-8-3-9-21-39/h1-36H. The van der Waals surface area contributed by atoms with Gasteiger partial charge in [0.05, 0.1) is 22.1 Å². The number of hydrogen-bond acceptors (Lipinski definition) is 5. The molecule has 4 heterocycles. The smallest absolute Gasteiger partial charge is 0.164 e. The molecule has 0 unspecified atom stereocenters. The zero-order chi connectivity index (χ0) is 42.8. The Morgan fingerprint density at radius 2 is 0.892 bits per heavy atom. The number of rotatable bonds is 7. The summed E-state index contributed by atoms with van der Waals surface area (Å²) < 4.78 is 11.2. The topological polar surface area (TPSA) is 74.6 Å². The third kappa shape index (κ3) is 6.13. The van der Waals surface area contributed by atoms with Crippen LogP contribution in [0.15, 0.2) is 223 Å². The maximum absolute atomic E-state index is 6.53. The lowest BCUT2D eigenvalue weighted by molar-refractivity contribution is 0.669. The average Bonchev–Trinajstić information content (AvgIpc) is 4.07. The van der Waals surface area contributed by atoms with Crippen LogP contribution < -0.4 is 0 Å². The second kappa shape index (κ2) is 14.9. The highest BCUT2D eigenvalue weighted by Gasteiger charge is 2.20. The fourth-order valence-corrected chi connectivity index (χ4v) is 9.39. The highest BCUT2D eigenvalue weighted by Crippen LogP contribution is 2.41. The van der Waals surface area contributed by atoms with Gasteiger partial charge in [-0.2, -0.15) is 0 Å². The molecule has 304 valence electrons. The summed E-state index contributed by atoms with van der Waals surface area (Å²) in [6.07, 6.45) is 0. The molecule has 7 heteroatoms. The van der Waals surface area contributed by atoms with Crippen LogP contribution in [0.2, 0.25) is 0 Å². The van der Waals surface area contributed by atoms with Gasteiger partial charge in [0.25, 0.3) is 0 Å². The van der Waals surface area contributed by atoms with Gasteiger partial charge in [-0.05, 0) is 77.9 Å². The van der Waals surface area contributed by atoms with E-state index in [0.29, 0.717) is 17.5 Å². The van der Waals surface area contributed by atoms with E-state index >= 15 is 0 Å². The highest BCUT2D eigenvalue weighted by atomic mass is 16.3. The van der Waals surface area contributed by atoms with Crippen molar-refractivity contribution in [1.29, 1.82) is 0 Å². The van der Waals surface area contributed by atoms with E-state index in [1.54, 1.807) is 0 Å². The van der Waals surface area contributed by atoms with Gasteiger partial charge in [0.2, 0.25) is 0 Å². The molecule has 0 saturated heterocycles. The van der Waals surface area contributed by atoms with Crippen LogP contribution in [-0.2, 0) is 0 Å². The summed E-state index contributed by atoms with van der Waals surface area (Å²) in [6, 6.07) is 75.7. The third-order valence-corrected chi connectivity index (χ3v) is 12.4. The Kier molecular flexibility index (Phi) is 8.39. The lowest BCUT2D eigenvalue weighted by atomic mass is 9.99. The van der Waals surface area contributed by atoms with E-state index in [9.17, 15) is 0 Å². The molecule has 13 aromatic rings. The summed E-state index contributed by atoms with van der Waals surface area (Å²) in [4.78, 5) is 20.2. The van der Waals surface area contributed by atoms with E-state index in [1.807, 2.05) is 84.9 Å². The Morgan fingerprint density at radius 3 is 1.63 bits per heavy atom. The number of hydrogen-bond donors (Lipinski definition) is 0. The molecule has 9 aromatic carbocycles. The van der Waals surface area contributed by atoms with Gasteiger partial charge in [0.1, 0.15) is 17.0 Å². The normalized spacial score (nSPS) is 11.7. The molecule has 0 aliphatic rings. The lowest BCUT2D eigenvalue weighted by Crippen LogP contribution is -2.00. The Bertz CT molecular complexity index is 3890. The van der Waals surface area contributed by atoms with E-state index in [1.165, 1.54) is 10.8 Å². The number of nitrogens with zero attached hydrogens (tertiary/aromatic N) is 6. The summed E-state index contributed by atoms with van der Waals surface area (Å²) in [6.45, 7) is 0. The van der Waals surface area contributed by atoms with Crippen molar-refractivity contribution in [2.24, 2.45) is 0 Å². The van der Waals surface area contributed by atoms with Gasteiger partial charge in [-0.15, -0.1) is 0 Å². The van der Waals surface area contributed by atoms with Gasteiger partial charge in [-0.1, -0.05) is 152 Å². The van der Waals surface area contributed by atoms with Gasteiger partial charge >= 0.3 is 0 Å². The summed E-state index contributed by atoms with van der Waals surface area (Å²) in [5.74, 6) is 2.73. The zero-order valence-electron chi connectivity index (χ0n) is 34.9. The van der Waals surface area contributed by atoms with Crippen molar-refractivity contribution in [2.45, 2.75) is 0 Å². The summed E-state index contributed by atoms with van der Waals surface area (Å²) in [5, 5.41) is 4.32. The SMILES string of the molecule is c1ccc(-c2nc(-c3ccccc3)nc(-c3cccc4oc5ccc(-c6ccc7c(c6)c6ccccc6n7-c6cccc(-n7c(-c8ccccc8)nc8ccccc87)c6)cc5c34)n2)cc1. The number of aromatic nitrogens is 6. The zero-order valence-corrected chi connectivity index (χ0v) is 34.9. The van der Waals surface area contributed by atoms with Crippen LogP contribution in [0.4, 0.5) is 0 Å². The molecule has 4 aromatic heterocycles. The van der Waals surface area contributed by atoms with Crippen molar-refractivity contribution >= 4 is 54.8 Å². The Hall–Kier alpha value is -8.94. The molecule has 0 bridgehead atoms. The predicted molar refractivity (Wildman–Crippen MR) is 263 cm³/mol. The van der Waals surface area contributed by atoms with Crippen molar-refractivity contribution in [3.8, 4) is 68.1 Å². The second-order valence-electron chi connectivity index (χ2n) is 16.3. The van der Waals surface area contributed by atoms with E-state index in [0.717, 1.165) is 94.6 Å². The van der Waals surface area contributed by atoms with E-state index in [4.69, 9.17) is 24.4 Å². The Labute approximate surface area is 373 Å². The maximum Gasteiger partial charge on any atom is 0.164 e. The van der Waals surface area contributed by atoms with Crippen molar-refractivity contribution in [2.75, 3.05) is 0 Å². The lowest BCUT2D eigenvalue weighted by Gasteiger charge is -2.13. The molecular weight excluding hydrogens is 797 g/mol. The van der Waals surface area contributed by atoms with Gasteiger partial charge in [-0.3, -0.25) is 4.57 Å². The van der Waals surface area contributed by atoms with E-state index in [-0.39, 0.29) is 0 Å². The molecule has 0 radical (unpaired) electrons. The first-order valence-electron chi connectivity index (χ1n) is 21.7. The molecule has 0 amide bonds. The first-order valence-corrected chi connectivity index (χ1v) is 21.7. The number of benzene rings is 9. The molecule has 65 heavy (non-hydrogen) atoms. The number of furan rings is 1. The molecule has 0 spiro atoms. The number of imidazole rings is 1. The Balaban J connectivity index is 0.948. The van der Waals surface area contributed by atoms with Crippen LogP contribution in [0.3, 0.4) is 0 Å². The molecule has 0 N–H and O–H groups in total. The largest absolute Gasteiger partial charge is 0.456 e. The minimum absolute atomic E-state index is 0.590. The third-order valence-electron chi connectivity index (χ3n) is 12.4. The minimum Gasteiger partial charge on any atom is -0.456 e. The van der Waals surface area contributed by atoms with Crippen molar-refractivity contribution in [3.63, 3.8) is 0 Å². The fraction of sp³-hybridized carbons (Fsp3) is 0. The van der Waals surface area contributed by atoms with Crippen molar-refractivity contribution in [1.82, 2.24) is 29.1 Å². The Morgan fingerprint density at radius 1 is 0.323 bits per heavy atom. The predicted octanol–water partition coefficient (Wildman–Crippen LogP) is 14.5. The molecule has 7 nitrogen and oxygen atoms in total. The molecule has 0 aliphatic heterocycles. The van der Waals surface area contributed by atoms with Crippen LogP contribution in [0.5, 0.6) is 0 Å². The van der Waals surface area contributed by atoms with Gasteiger partial charge in [-0.25, -0.2) is 19.9 Å². The molecule has 0 saturated carbocycles. The average molecular weight is 833 g/mol. The first-order chi connectivity index (χ1) is 32.2. The molecule has 0 aliphatic carbocycles. The number of fused-ring (bicyclic) bond motifs is 7. The van der Waals surface area contributed by atoms with Gasteiger partial charge < -0.3 is 8.98 Å². The summed E-state index contributed by atoms with van der Waals surface area (Å²) in [5.41, 5.74) is 14.0. The molecule has 0 fully saturated rings. The molecule has 0 atom stereocenters. The van der Waals surface area contributed by atoms with Gasteiger partial charge in [0.15, 0.2) is 17.5 Å². The summed E-state index contributed by atoms with van der Waals surface area (Å²) in [7, 11) is 0. The molecule has 13 rings (SSSR count). The van der Waals surface area contributed by atoms with Crippen LogP contribution in [0, 0.1) is 0 Å². The van der Waals surface area contributed by atoms with Crippen LogP contribution in [0.25, 0.3) is 123 Å². The maximum atomic E-state index is 6.53. The summed E-state index contributed by atoms with van der Waals surface area (Å²) >= 11 is 0. The fourth-order valence-electron chi connectivity index (χ4n) is 9.39. The van der Waals surface area contributed by atoms with Crippen LogP contribution >= 0.6 is 0 Å². The quantitative estimate of drug-likeness (QED) is 0.160. The second-order valence-corrected chi connectivity index (χ2v) is 16.3. The molecular formula is C58H36N6O. The van der Waals surface area contributed by atoms with E-state index < -0.39 is 0 Å². The van der Waals surface area contributed by atoms with Crippen LogP contribution in [0.1, 0.15) is 0 Å². The van der Waals surface area contributed by atoms with Crippen molar-refractivity contribution in [3.05, 3.63) is 218 Å². The van der Waals surface area contributed by atoms with E-state index in [2.05, 4.69) is 143 Å².